The third kappa shape index (κ3) is 31.6. The maximum atomic E-state index is 13.4. The smallest absolute Gasteiger partial charge is 1.00 e. The van der Waals surface area contributed by atoms with Crippen molar-refractivity contribution in [2.75, 3.05) is 29.0 Å². The zero-order valence-corrected chi connectivity index (χ0v) is 76.1. The summed E-state index contributed by atoms with van der Waals surface area (Å²) in [6, 6.07) is 82.5. The van der Waals surface area contributed by atoms with Gasteiger partial charge in [-0.15, -0.1) is 0 Å². The van der Waals surface area contributed by atoms with E-state index in [1.165, 1.54) is 119 Å². The first-order valence-corrected chi connectivity index (χ1v) is 45.0. The van der Waals surface area contributed by atoms with E-state index in [0.717, 1.165) is 76.6 Å². The van der Waals surface area contributed by atoms with Crippen LogP contribution in [-0.4, -0.2) is 96.0 Å². The summed E-state index contributed by atoms with van der Waals surface area (Å²) in [5, 5.41) is 41.0. The number of carbonyl (C=O) groups excluding carboxylic acids is 3. The Morgan fingerprint density at radius 3 is 1.10 bits per heavy atom. The van der Waals surface area contributed by atoms with E-state index in [4.69, 9.17) is 40.3 Å². The second-order valence-electron chi connectivity index (χ2n) is 30.8. The van der Waals surface area contributed by atoms with Gasteiger partial charge in [0.1, 0.15) is 23.2 Å². The van der Waals surface area contributed by atoms with Crippen LogP contribution in [-0.2, 0) is 15.8 Å². The summed E-state index contributed by atoms with van der Waals surface area (Å²) < 4.78 is 13.9. The molecule has 14 N–H and O–H groups in total. The Bertz CT molecular complexity index is 5440. The number of carbonyl (C=O) groups is 3. The summed E-state index contributed by atoms with van der Waals surface area (Å²) in [4.78, 5) is 46.8. The summed E-state index contributed by atoms with van der Waals surface area (Å²) >= 11 is 0. The molecule has 0 saturated heterocycles. The van der Waals surface area contributed by atoms with Gasteiger partial charge in [0.05, 0.1) is 59.4 Å². The van der Waals surface area contributed by atoms with Crippen LogP contribution in [0.25, 0.3) is 26.8 Å². The molecule has 3 amide bonds. The molecule has 12 aromatic rings. The summed E-state index contributed by atoms with van der Waals surface area (Å²) in [5.41, 5.74) is 37.7. The van der Waals surface area contributed by atoms with Crippen molar-refractivity contribution in [2.45, 2.75) is 179 Å². The van der Waals surface area contributed by atoms with E-state index in [1.807, 2.05) is 130 Å². The van der Waals surface area contributed by atoms with Gasteiger partial charge < -0.3 is 56.1 Å². The predicted molar refractivity (Wildman–Crippen MR) is 505 cm³/mol. The van der Waals surface area contributed by atoms with Crippen molar-refractivity contribution in [2.24, 2.45) is 22.9 Å². The Labute approximate surface area is 772 Å². The molecule has 3 atom stereocenters. The number of aliphatic hydroxyl groups excluding tert-OH is 1. The molecular weight excluding hydrogens is 1630 g/mol. The summed E-state index contributed by atoms with van der Waals surface area (Å²) in [6.45, 7) is 22.1. The van der Waals surface area contributed by atoms with Crippen LogP contribution in [0.2, 0.25) is 0 Å². The fourth-order valence-electron chi connectivity index (χ4n) is 15.2. The second-order valence-corrected chi connectivity index (χ2v) is 33.4. The number of aryl methyl sites for hydroxylation is 3. The molecule has 3 aliphatic carbocycles. The standard InChI is InChI=1S/C31H31N5O.C31H35N5O.C25H20N4O2.C6H13N.C5H14N2.B.Cl2OS.Na.H/c1-22-19-29(36(35-22)28-18-10-16-26(21-28)32-2)31(37)34-27-17-9-13-24(20-27)30(23-11-5-3-6-12-23)33-25-14-7-4-8-15-25;1-22-18-29(36(35-22)28-17-8-10-23(19-28)21-32)31(37)34-27-16-9-13-25(20-27)30(24-11-4-2-5-12-24)33-26-14-6-3-7-15-26;1-17-14-23(29(28-17)22-13-7-11-20(16-22)26-2)25(31)27-21-12-6-10-19(15-21)24(30)18-8-4-3-5-9-18;7-6-4-2-1-3-5-6;6-4-2-1-3-5-7;;1-4(2)3;;/h3,5-6,9-13,16-21,25,30,33H,4,7-8,14-15H2,1H3,(H,34,37);2,4-5,8-13,16-20,26,30,33H,3,6-7,14-15,21,32H2,1H3,(H,34,37);3-16,24,30H,1H3,(H,27,31);6H,1-5,7H2;1-7H2;;;;/q;;;;;;;+1;-1. The summed E-state index contributed by atoms with van der Waals surface area (Å²) in [6.07, 6.45) is 21.8. The minimum atomic E-state index is -1.67. The van der Waals surface area contributed by atoms with E-state index in [2.05, 4.69) is 146 Å². The van der Waals surface area contributed by atoms with Crippen LogP contribution in [0, 0.1) is 33.9 Å². The Kier molecular flexibility index (Phi) is 42.4. The van der Waals surface area contributed by atoms with E-state index in [9.17, 15) is 19.5 Å². The normalized spacial score (nSPS) is 13.8. The number of hydrogen-bond donors (Lipinski definition) is 10. The molecule has 3 saturated carbocycles. The van der Waals surface area contributed by atoms with E-state index in [1.54, 1.807) is 82.2 Å². The van der Waals surface area contributed by atoms with Gasteiger partial charge in [0.25, 0.3) is 17.7 Å². The first-order valence-electron chi connectivity index (χ1n) is 42.2. The Morgan fingerprint density at radius 2 is 0.760 bits per heavy atom. The largest absolute Gasteiger partial charge is 1.00 e. The van der Waals surface area contributed by atoms with Crippen molar-refractivity contribution in [1.82, 2.24) is 40.0 Å². The van der Waals surface area contributed by atoms with Gasteiger partial charge in [-0.2, -0.15) is 15.3 Å². The number of hydrogen-bond acceptors (Lipinski definition) is 14. The minimum absolute atomic E-state index is 0. The summed E-state index contributed by atoms with van der Waals surface area (Å²) in [5.74, 6) is -0.782. The predicted octanol–water partition coefficient (Wildman–Crippen LogP) is 17.1. The van der Waals surface area contributed by atoms with Gasteiger partial charge in [0.15, 0.2) is 11.4 Å². The molecule has 3 fully saturated rings. The van der Waals surface area contributed by atoms with E-state index in [0.29, 0.717) is 81.4 Å². The number of anilines is 3. The SMILES string of the molecule is Cc1cc(C(=O)Nc2cccc(C(NC3CCCCC3)c3ccccc3)c2)n(-c2cccc(CN)c2)n1.NC1CCCCC1.NCCCCCN.O=S(Cl)Cl.[B].[C-]#[N+]c1cccc(-n2nc(C)cc2C(=O)Nc2cccc(C(NC3CCCCC3)c3ccccc3)c2)c1.[C-]#[N+]c1cccc(-n2nc(C)cc2C(=O)Nc2cccc(C(O)c3ccccc3)c2)c1.[H-].[Na+]. The number of nitrogens with zero attached hydrogens (tertiary/aromatic N) is 8. The van der Waals surface area contributed by atoms with Crippen LogP contribution in [0.15, 0.2) is 255 Å². The fourth-order valence-corrected chi connectivity index (χ4v) is 15.2. The van der Waals surface area contributed by atoms with Crippen molar-refractivity contribution < 1.29 is 54.7 Å². The van der Waals surface area contributed by atoms with E-state index < -0.39 is 15.3 Å². The molecule has 645 valence electrons. The number of benzene rings is 9. The Balaban J connectivity index is 0.000000233. The average Bonchev–Trinajstić information content (AvgIpc) is 1.06. The fraction of sp³-hybridized carbons (Fsp3) is 0.306. The molecule has 3 unspecified atom stereocenters. The van der Waals surface area contributed by atoms with Crippen molar-refractivity contribution in [1.29, 1.82) is 0 Å². The molecule has 0 bridgehead atoms. The summed E-state index contributed by atoms with van der Waals surface area (Å²) in [7, 11) is 7.36. The van der Waals surface area contributed by atoms with Crippen molar-refractivity contribution in [3.8, 4) is 17.1 Å². The molecule has 0 spiro atoms. The van der Waals surface area contributed by atoms with Crippen LogP contribution < -0.4 is 79.1 Å². The van der Waals surface area contributed by atoms with Crippen LogP contribution in [0.4, 0.5) is 28.4 Å². The van der Waals surface area contributed by atoms with Gasteiger partial charge in [-0.05, 0) is 215 Å². The molecule has 9 aromatic carbocycles. The van der Waals surface area contributed by atoms with E-state index >= 15 is 0 Å². The maximum absolute atomic E-state index is 13.4. The average molecular weight is 1750 g/mol. The van der Waals surface area contributed by atoms with Gasteiger partial charge >= 0.3 is 29.6 Å². The third-order valence-electron chi connectivity index (χ3n) is 21.4. The minimum Gasteiger partial charge on any atom is -1.00 e. The zero-order valence-electron chi connectivity index (χ0n) is 72.8. The van der Waals surface area contributed by atoms with Crippen LogP contribution in [0.3, 0.4) is 0 Å². The third-order valence-corrected chi connectivity index (χ3v) is 21.4. The number of halogens is 2. The van der Waals surface area contributed by atoms with Crippen molar-refractivity contribution >= 4 is 85.2 Å². The molecule has 3 aromatic heterocycles. The van der Waals surface area contributed by atoms with Crippen LogP contribution in [0.5, 0.6) is 0 Å². The Morgan fingerprint density at radius 1 is 0.440 bits per heavy atom. The first-order chi connectivity index (χ1) is 59.8. The molecular formula is C98H114BCl2N17NaO5S. The molecule has 125 heavy (non-hydrogen) atoms. The maximum Gasteiger partial charge on any atom is 1.00 e. The van der Waals surface area contributed by atoms with Gasteiger partial charge in [-0.1, -0.05) is 228 Å². The topological polar surface area (TPSA) is 315 Å². The number of unbranched alkanes of at least 4 members (excludes halogenated alkanes) is 2. The van der Waals surface area contributed by atoms with Crippen molar-refractivity contribution in [3.63, 3.8) is 0 Å². The second kappa shape index (κ2) is 53.1. The van der Waals surface area contributed by atoms with Gasteiger partial charge in [-0.3, -0.25) is 14.4 Å². The number of amides is 3. The number of rotatable bonds is 24. The van der Waals surface area contributed by atoms with Crippen molar-refractivity contribution in [3.05, 3.63) is 351 Å². The van der Waals surface area contributed by atoms with Crippen LogP contribution in [0.1, 0.15) is 223 Å². The molecule has 3 aliphatic rings. The van der Waals surface area contributed by atoms with Gasteiger partial charge in [0.2, 0.25) is 9.23 Å². The Hall–Kier alpha value is -10.5. The number of nitrogens with two attached hydrogens (primary N) is 4. The number of aliphatic hydroxyl groups is 1. The number of aromatic nitrogens is 6. The molecule has 0 aliphatic heterocycles. The zero-order chi connectivity index (χ0) is 87.2. The quantitative estimate of drug-likeness (QED) is 0.0116. The monoisotopic (exact) mass is 1740 g/mol. The van der Waals surface area contributed by atoms with Gasteiger partial charge in [0, 0.05) is 71.5 Å². The molecule has 22 nitrogen and oxygen atoms in total. The van der Waals surface area contributed by atoms with E-state index in [-0.39, 0.29) is 69.2 Å². The number of nitrogens with one attached hydrogen (secondary N) is 5. The first kappa shape index (κ1) is 99.9. The molecule has 3 heterocycles. The molecule has 15 rings (SSSR count). The van der Waals surface area contributed by atoms with Crippen LogP contribution >= 0.6 is 21.4 Å². The molecule has 27 heteroatoms. The molecule has 3 radical (unpaired) electrons. The van der Waals surface area contributed by atoms with Gasteiger partial charge in [-0.25, -0.2) is 27.9 Å².